The van der Waals surface area contributed by atoms with Gasteiger partial charge in [-0.05, 0) is 63.1 Å². The van der Waals surface area contributed by atoms with Crippen LogP contribution in [0, 0.1) is 0 Å². The van der Waals surface area contributed by atoms with E-state index in [1.807, 2.05) is 6.07 Å². The summed E-state index contributed by atoms with van der Waals surface area (Å²) < 4.78 is 5.66. The van der Waals surface area contributed by atoms with Crippen LogP contribution in [0.4, 0.5) is 0 Å². The van der Waals surface area contributed by atoms with E-state index in [2.05, 4.69) is 6.92 Å². The molecule has 0 bridgehead atoms. The van der Waals surface area contributed by atoms with Crippen molar-refractivity contribution in [3.05, 3.63) is 39.2 Å². The van der Waals surface area contributed by atoms with Gasteiger partial charge in [-0.15, -0.1) is 0 Å². The molecule has 23 heavy (non-hydrogen) atoms. The zero-order valence-corrected chi connectivity index (χ0v) is 13.7. The fourth-order valence-electron chi connectivity index (χ4n) is 4.31. The lowest BCUT2D eigenvalue weighted by Crippen LogP contribution is -3.14. The smallest absolute Gasteiger partial charge is 0.339 e. The topological polar surface area (TPSA) is 54.9 Å². The van der Waals surface area contributed by atoms with Crippen molar-refractivity contribution in [3.63, 3.8) is 0 Å². The molecule has 4 heteroatoms. The van der Waals surface area contributed by atoms with Crippen molar-refractivity contribution in [1.82, 2.24) is 0 Å². The van der Waals surface area contributed by atoms with Crippen molar-refractivity contribution < 1.29 is 14.4 Å². The molecule has 2 aromatic rings. The number of quaternary nitrogens is 1. The first-order chi connectivity index (χ1) is 11.1. The van der Waals surface area contributed by atoms with Crippen LogP contribution in [0.25, 0.3) is 11.0 Å². The first-order valence-corrected chi connectivity index (χ1v) is 8.79. The third-order valence-electron chi connectivity index (χ3n) is 5.71. The van der Waals surface area contributed by atoms with Crippen LogP contribution in [0.5, 0.6) is 5.75 Å². The number of hydrogen-bond donors (Lipinski definition) is 2. The van der Waals surface area contributed by atoms with E-state index >= 15 is 0 Å². The number of phenolic OH excluding ortho intramolecular Hbond substituents is 1. The number of piperidine rings is 1. The van der Waals surface area contributed by atoms with Gasteiger partial charge in [0.1, 0.15) is 12.3 Å². The highest BCUT2D eigenvalue weighted by Gasteiger charge is 2.27. The number of benzene rings is 1. The largest absolute Gasteiger partial charge is 0.507 e. The highest BCUT2D eigenvalue weighted by Crippen LogP contribution is 2.32. The summed E-state index contributed by atoms with van der Waals surface area (Å²) in [6, 6.07) is 4.26. The second kappa shape index (κ2) is 5.68. The van der Waals surface area contributed by atoms with Crippen LogP contribution in [0.3, 0.4) is 0 Å². The lowest BCUT2D eigenvalue weighted by atomic mass is 10.00. The van der Waals surface area contributed by atoms with Gasteiger partial charge in [0.05, 0.1) is 18.2 Å². The molecule has 4 nitrogen and oxygen atoms in total. The average molecular weight is 314 g/mol. The van der Waals surface area contributed by atoms with Gasteiger partial charge in [0.2, 0.25) is 0 Å². The van der Waals surface area contributed by atoms with E-state index in [0.29, 0.717) is 11.6 Å². The lowest BCUT2D eigenvalue weighted by molar-refractivity contribution is -0.941. The summed E-state index contributed by atoms with van der Waals surface area (Å²) in [6.45, 7) is 4.11. The molecule has 1 aliphatic heterocycles. The molecule has 2 unspecified atom stereocenters. The zero-order chi connectivity index (χ0) is 16.0. The van der Waals surface area contributed by atoms with Gasteiger partial charge in [0.15, 0.2) is 5.58 Å². The molecule has 0 radical (unpaired) electrons. The quantitative estimate of drug-likeness (QED) is 0.833. The van der Waals surface area contributed by atoms with Gasteiger partial charge >= 0.3 is 5.63 Å². The molecule has 0 spiro atoms. The molecular weight excluding hydrogens is 290 g/mol. The van der Waals surface area contributed by atoms with E-state index in [1.165, 1.54) is 24.2 Å². The summed E-state index contributed by atoms with van der Waals surface area (Å²) in [5.41, 5.74) is 3.18. The van der Waals surface area contributed by atoms with Crippen molar-refractivity contribution in [1.29, 1.82) is 0 Å². The first-order valence-electron chi connectivity index (χ1n) is 8.79. The molecular formula is C19H24NO3+. The second-order valence-electron chi connectivity index (χ2n) is 7.12. The maximum Gasteiger partial charge on any atom is 0.339 e. The maximum absolute atomic E-state index is 12.3. The number of fused-ring (bicyclic) bond motifs is 3. The Morgan fingerprint density at radius 1 is 1.22 bits per heavy atom. The number of phenols is 1. The van der Waals surface area contributed by atoms with E-state index < -0.39 is 0 Å². The van der Waals surface area contributed by atoms with Gasteiger partial charge in [0, 0.05) is 10.9 Å². The molecule has 1 fully saturated rings. The van der Waals surface area contributed by atoms with E-state index in [-0.39, 0.29) is 11.4 Å². The number of aryl methyl sites for hydroxylation is 1. The highest BCUT2D eigenvalue weighted by molar-refractivity contribution is 5.86. The number of aromatic hydroxyl groups is 1. The van der Waals surface area contributed by atoms with Crippen molar-refractivity contribution in [3.8, 4) is 5.75 Å². The first kappa shape index (κ1) is 14.8. The Morgan fingerprint density at radius 2 is 2.04 bits per heavy atom. The standard InChI is InChI=1S/C19H23NO3/c1-12-5-2-3-10-20(12)11-16-17(21)9-8-14-13-6-4-7-15(13)19(22)23-18(14)16/h8-9,12,21H,2-7,10-11H2,1H3/p+1. The number of likely N-dealkylation sites (tertiary alicyclic amines) is 1. The molecule has 2 heterocycles. The Morgan fingerprint density at radius 3 is 2.87 bits per heavy atom. The minimum atomic E-state index is -0.210. The molecule has 2 aliphatic rings. The lowest BCUT2D eigenvalue weighted by Gasteiger charge is -2.30. The van der Waals surface area contributed by atoms with Crippen LogP contribution in [-0.2, 0) is 19.4 Å². The van der Waals surface area contributed by atoms with Gasteiger partial charge in [-0.2, -0.15) is 0 Å². The van der Waals surface area contributed by atoms with E-state index in [4.69, 9.17) is 4.42 Å². The van der Waals surface area contributed by atoms with Gasteiger partial charge in [-0.25, -0.2) is 4.79 Å². The van der Waals surface area contributed by atoms with Gasteiger partial charge in [0.25, 0.3) is 0 Å². The summed E-state index contributed by atoms with van der Waals surface area (Å²) in [5.74, 6) is 0.254. The third-order valence-corrected chi connectivity index (χ3v) is 5.71. The maximum atomic E-state index is 12.3. The predicted molar refractivity (Wildman–Crippen MR) is 89.0 cm³/mol. The predicted octanol–water partition coefficient (Wildman–Crippen LogP) is 1.94. The summed E-state index contributed by atoms with van der Waals surface area (Å²) in [7, 11) is 0. The van der Waals surface area contributed by atoms with Gasteiger partial charge in [-0.1, -0.05) is 0 Å². The third kappa shape index (κ3) is 2.45. The number of nitrogens with one attached hydrogen (secondary N) is 1. The van der Waals surface area contributed by atoms with E-state index in [1.54, 1.807) is 6.07 Å². The molecule has 1 saturated heterocycles. The molecule has 2 N–H and O–H groups in total. The molecule has 0 amide bonds. The fourth-order valence-corrected chi connectivity index (χ4v) is 4.31. The highest BCUT2D eigenvalue weighted by atomic mass is 16.4. The van der Waals surface area contributed by atoms with Crippen molar-refractivity contribution >= 4 is 11.0 Å². The second-order valence-corrected chi connectivity index (χ2v) is 7.12. The normalized spacial score (nSPS) is 24.0. The van der Waals surface area contributed by atoms with Gasteiger partial charge in [-0.3, -0.25) is 0 Å². The zero-order valence-electron chi connectivity index (χ0n) is 13.7. The monoisotopic (exact) mass is 314 g/mol. The molecule has 4 rings (SSSR count). The summed E-state index contributed by atoms with van der Waals surface area (Å²) in [6.07, 6.45) is 6.51. The van der Waals surface area contributed by atoms with Crippen molar-refractivity contribution in [2.75, 3.05) is 6.54 Å². The molecule has 1 aliphatic carbocycles. The van der Waals surface area contributed by atoms with Crippen LogP contribution < -0.4 is 10.5 Å². The number of rotatable bonds is 2. The summed E-state index contributed by atoms with van der Waals surface area (Å²) in [4.78, 5) is 13.8. The molecule has 0 saturated carbocycles. The Hall–Kier alpha value is -1.81. The Balaban J connectivity index is 1.84. The Kier molecular flexibility index (Phi) is 3.64. The van der Waals surface area contributed by atoms with Crippen molar-refractivity contribution in [2.24, 2.45) is 0 Å². The Labute approximate surface area is 135 Å². The SMILES string of the molecule is CC1CCCC[NH+]1Cc1c(O)ccc2c3c(c(=O)oc12)CCC3. The minimum Gasteiger partial charge on any atom is -0.507 e. The summed E-state index contributed by atoms with van der Waals surface area (Å²) >= 11 is 0. The van der Waals surface area contributed by atoms with Crippen molar-refractivity contribution in [2.45, 2.75) is 58.0 Å². The average Bonchev–Trinajstić information content (AvgIpc) is 3.03. The van der Waals surface area contributed by atoms with E-state index in [9.17, 15) is 9.90 Å². The molecule has 1 aromatic carbocycles. The molecule has 1 aromatic heterocycles. The minimum absolute atomic E-state index is 0.210. The van der Waals surface area contributed by atoms with Crippen LogP contribution >= 0.6 is 0 Å². The fraction of sp³-hybridized carbons (Fsp3) is 0.526. The van der Waals surface area contributed by atoms with Crippen LogP contribution in [0.1, 0.15) is 49.3 Å². The molecule has 122 valence electrons. The van der Waals surface area contributed by atoms with Crippen LogP contribution in [-0.4, -0.2) is 17.7 Å². The molecule has 2 atom stereocenters. The summed E-state index contributed by atoms with van der Waals surface area (Å²) in [5, 5.41) is 11.4. The number of hydrogen-bond acceptors (Lipinski definition) is 3. The van der Waals surface area contributed by atoms with Crippen LogP contribution in [0.2, 0.25) is 0 Å². The van der Waals surface area contributed by atoms with E-state index in [0.717, 1.165) is 54.4 Å². The Bertz CT molecular complexity index is 808. The van der Waals surface area contributed by atoms with Gasteiger partial charge < -0.3 is 14.4 Å². The van der Waals surface area contributed by atoms with Crippen LogP contribution in [0.15, 0.2) is 21.3 Å².